The zero-order valence-electron chi connectivity index (χ0n) is 14.2. The van der Waals surface area contributed by atoms with E-state index in [4.69, 9.17) is 4.74 Å². The van der Waals surface area contributed by atoms with Crippen LogP contribution in [-0.4, -0.2) is 43.1 Å². The van der Waals surface area contributed by atoms with Crippen molar-refractivity contribution in [2.75, 3.05) is 26.2 Å². The fourth-order valence-corrected chi connectivity index (χ4v) is 4.44. The van der Waals surface area contributed by atoms with E-state index in [2.05, 4.69) is 34.5 Å². The maximum atomic E-state index is 12.9. The summed E-state index contributed by atoms with van der Waals surface area (Å²) >= 11 is 0. The number of fused-ring (bicyclic) bond motifs is 2. The van der Waals surface area contributed by atoms with E-state index < -0.39 is 0 Å². The minimum Gasteiger partial charge on any atom is -0.493 e. The maximum Gasteiger partial charge on any atom is 0.254 e. The highest BCUT2D eigenvalue weighted by Crippen LogP contribution is 2.31. The quantitative estimate of drug-likeness (QED) is 0.918. The van der Waals surface area contributed by atoms with Gasteiger partial charge in [0, 0.05) is 37.7 Å². The molecular weight excluding hydrogens is 312 g/mol. The Bertz CT molecular complexity index is 815. The fourth-order valence-electron chi connectivity index (χ4n) is 4.44. The van der Waals surface area contributed by atoms with Gasteiger partial charge >= 0.3 is 0 Å². The van der Waals surface area contributed by atoms with Gasteiger partial charge in [-0.1, -0.05) is 18.2 Å². The van der Waals surface area contributed by atoms with Gasteiger partial charge in [-0.3, -0.25) is 4.79 Å². The Balaban J connectivity index is 1.37. The molecule has 0 aromatic heterocycles. The highest BCUT2D eigenvalue weighted by atomic mass is 16.5. The van der Waals surface area contributed by atoms with Gasteiger partial charge in [0.05, 0.1) is 6.61 Å². The van der Waals surface area contributed by atoms with Crippen molar-refractivity contribution in [3.63, 3.8) is 0 Å². The lowest BCUT2D eigenvalue weighted by atomic mass is 10.0. The SMILES string of the molecule is O=C(c1ccc(-c2ccc3c(c2)CCO3)cc1)N1CC[C@H]2CNC[C@H]21. The van der Waals surface area contributed by atoms with Gasteiger partial charge in [-0.15, -0.1) is 0 Å². The zero-order valence-corrected chi connectivity index (χ0v) is 14.2. The molecule has 0 saturated carbocycles. The van der Waals surface area contributed by atoms with Crippen LogP contribution in [0.15, 0.2) is 42.5 Å². The Morgan fingerprint density at radius 3 is 2.80 bits per heavy atom. The van der Waals surface area contributed by atoms with E-state index in [1.165, 1.54) is 11.1 Å². The Kier molecular flexibility index (Phi) is 3.52. The molecule has 128 valence electrons. The second-order valence-electron chi connectivity index (χ2n) is 7.27. The Hall–Kier alpha value is -2.33. The predicted molar refractivity (Wildman–Crippen MR) is 96.9 cm³/mol. The number of hydrogen-bond donors (Lipinski definition) is 1. The monoisotopic (exact) mass is 334 g/mol. The molecule has 3 aliphatic heterocycles. The molecule has 3 heterocycles. The number of carbonyl (C=O) groups is 1. The molecular formula is C21H22N2O2. The highest BCUT2D eigenvalue weighted by molar-refractivity contribution is 5.95. The number of likely N-dealkylation sites (tertiary alicyclic amines) is 1. The van der Waals surface area contributed by atoms with Crippen molar-refractivity contribution in [1.82, 2.24) is 10.2 Å². The summed E-state index contributed by atoms with van der Waals surface area (Å²) in [6.07, 6.45) is 2.10. The Morgan fingerprint density at radius 2 is 1.92 bits per heavy atom. The molecule has 3 aliphatic rings. The van der Waals surface area contributed by atoms with Crippen LogP contribution in [0, 0.1) is 5.92 Å². The smallest absolute Gasteiger partial charge is 0.254 e. The van der Waals surface area contributed by atoms with Crippen LogP contribution >= 0.6 is 0 Å². The van der Waals surface area contributed by atoms with Crippen LogP contribution < -0.4 is 10.1 Å². The Labute approximate surface area is 147 Å². The standard InChI is InChI=1S/C21H22N2O2/c24-21(23-9-7-18-12-22-13-19(18)23)15-3-1-14(2-4-15)16-5-6-20-17(11-16)8-10-25-20/h1-6,11,18-19,22H,7-10,12-13H2/t18-,19+/m0/s1. The number of benzene rings is 2. The minimum absolute atomic E-state index is 0.171. The van der Waals surface area contributed by atoms with Crippen LogP contribution in [0.3, 0.4) is 0 Å². The van der Waals surface area contributed by atoms with Crippen molar-refractivity contribution in [3.05, 3.63) is 53.6 Å². The first kappa shape index (κ1) is 15.0. The van der Waals surface area contributed by atoms with Crippen LogP contribution in [0.1, 0.15) is 22.3 Å². The van der Waals surface area contributed by atoms with Crippen LogP contribution in [0.5, 0.6) is 5.75 Å². The van der Waals surface area contributed by atoms with Crippen LogP contribution in [-0.2, 0) is 6.42 Å². The van der Waals surface area contributed by atoms with Gasteiger partial charge in [-0.25, -0.2) is 0 Å². The normalized spacial score (nSPS) is 24.1. The second kappa shape index (κ2) is 5.88. The molecule has 2 fully saturated rings. The van der Waals surface area contributed by atoms with Gasteiger partial charge in [-0.2, -0.15) is 0 Å². The van der Waals surface area contributed by atoms with Gasteiger partial charge in [-0.05, 0) is 53.3 Å². The minimum atomic E-state index is 0.171. The summed E-state index contributed by atoms with van der Waals surface area (Å²) in [5.74, 6) is 1.81. The van der Waals surface area contributed by atoms with E-state index in [0.29, 0.717) is 12.0 Å². The summed E-state index contributed by atoms with van der Waals surface area (Å²) in [4.78, 5) is 14.9. The summed E-state index contributed by atoms with van der Waals surface area (Å²) < 4.78 is 5.58. The molecule has 1 N–H and O–H groups in total. The molecule has 0 radical (unpaired) electrons. The lowest BCUT2D eigenvalue weighted by molar-refractivity contribution is 0.0737. The topological polar surface area (TPSA) is 41.6 Å². The number of nitrogens with one attached hydrogen (secondary N) is 1. The molecule has 25 heavy (non-hydrogen) atoms. The molecule has 0 unspecified atom stereocenters. The van der Waals surface area contributed by atoms with E-state index in [-0.39, 0.29) is 5.91 Å². The van der Waals surface area contributed by atoms with E-state index >= 15 is 0 Å². The lowest BCUT2D eigenvalue weighted by Gasteiger charge is -2.23. The van der Waals surface area contributed by atoms with Gasteiger partial charge in [0.15, 0.2) is 0 Å². The van der Waals surface area contributed by atoms with Crippen molar-refractivity contribution in [3.8, 4) is 16.9 Å². The fraction of sp³-hybridized carbons (Fsp3) is 0.381. The van der Waals surface area contributed by atoms with Gasteiger partial charge in [0.25, 0.3) is 5.91 Å². The molecule has 0 spiro atoms. The predicted octanol–water partition coefficient (Wildman–Crippen LogP) is 2.72. The zero-order chi connectivity index (χ0) is 16.8. The summed E-state index contributed by atoms with van der Waals surface area (Å²) in [6, 6.07) is 14.8. The third kappa shape index (κ3) is 2.52. The van der Waals surface area contributed by atoms with Gasteiger partial charge in [0.1, 0.15) is 5.75 Å². The third-order valence-corrected chi connectivity index (χ3v) is 5.86. The van der Waals surface area contributed by atoms with E-state index in [9.17, 15) is 4.79 Å². The molecule has 2 atom stereocenters. The summed E-state index contributed by atoms with van der Waals surface area (Å²) in [6.45, 7) is 3.66. The third-order valence-electron chi connectivity index (χ3n) is 5.86. The molecule has 2 aromatic rings. The number of amides is 1. The molecule has 2 aromatic carbocycles. The van der Waals surface area contributed by atoms with Crippen molar-refractivity contribution >= 4 is 5.91 Å². The van der Waals surface area contributed by atoms with Gasteiger partial charge < -0.3 is 15.0 Å². The number of carbonyl (C=O) groups excluding carboxylic acids is 1. The van der Waals surface area contributed by atoms with Gasteiger partial charge in [0.2, 0.25) is 0 Å². The largest absolute Gasteiger partial charge is 0.493 e. The molecule has 1 amide bonds. The molecule has 0 bridgehead atoms. The summed E-state index contributed by atoms with van der Waals surface area (Å²) in [7, 11) is 0. The maximum absolute atomic E-state index is 12.9. The number of ether oxygens (including phenoxy) is 1. The highest BCUT2D eigenvalue weighted by Gasteiger charge is 2.40. The van der Waals surface area contributed by atoms with E-state index in [1.54, 1.807) is 0 Å². The van der Waals surface area contributed by atoms with E-state index in [1.807, 2.05) is 18.2 Å². The summed E-state index contributed by atoms with van der Waals surface area (Å²) in [5, 5.41) is 3.41. The molecule has 4 heteroatoms. The lowest BCUT2D eigenvalue weighted by Crippen LogP contribution is -2.39. The number of rotatable bonds is 2. The second-order valence-corrected chi connectivity index (χ2v) is 7.27. The average molecular weight is 334 g/mol. The number of nitrogens with zero attached hydrogens (tertiary/aromatic N) is 1. The van der Waals surface area contributed by atoms with E-state index in [0.717, 1.165) is 56.0 Å². The van der Waals surface area contributed by atoms with Crippen molar-refractivity contribution in [2.24, 2.45) is 5.92 Å². The first-order valence-electron chi connectivity index (χ1n) is 9.17. The Morgan fingerprint density at radius 1 is 1.08 bits per heavy atom. The van der Waals surface area contributed by atoms with Crippen molar-refractivity contribution in [1.29, 1.82) is 0 Å². The molecule has 2 saturated heterocycles. The summed E-state index contributed by atoms with van der Waals surface area (Å²) in [5.41, 5.74) is 4.40. The number of hydrogen-bond acceptors (Lipinski definition) is 3. The van der Waals surface area contributed by atoms with Crippen LogP contribution in [0.2, 0.25) is 0 Å². The van der Waals surface area contributed by atoms with Crippen LogP contribution in [0.4, 0.5) is 0 Å². The molecule has 4 nitrogen and oxygen atoms in total. The van der Waals surface area contributed by atoms with Crippen molar-refractivity contribution in [2.45, 2.75) is 18.9 Å². The molecule has 0 aliphatic carbocycles. The van der Waals surface area contributed by atoms with Crippen LogP contribution in [0.25, 0.3) is 11.1 Å². The first-order valence-corrected chi connectivity index (χ1v) is 9.17. The van der Waals surface area contributed by atoms with Crippen molar-refractivity contribution < 1.29 is 9.53 Å². The molecule has 5 rings (SSSR count). The first-order chi connectivity index (χ1) is 12.3. The average Bonchev–Trinajstić information content (AvgIpc) is 3.37.